The largest absolute Gasteiger partial charge is 0.481 e. The van der Waals surface area contributed by atoms with Crippen molar-refractivity contribution in [1.29, 1.82) is 0 Å². The Hall–Kier alpha value is -1.14. The number of carboxylic acid groups (broad SMARTS) is 1. The lowest BCUT2D eigenvalue weighted by Crippen LogP contribution is -2.49. The fraction of sp³-hybridized carbons (Fsp3) is 0.867. The Balaban J connectivity index is 1.73. The van der Waals surface area contributed by atoms with Crippen LogP contribution in [0.15, 0.2) is 0 Å². The van der Waals surface area contributed by atoms with Crippen LogP contribution >= 0.6 is 0 Å². The van der Waals surface area contributed by atoms with E-state index in [1.165, 1.54) is 0 Å². The maximum atomic E-state index is 12.3. The summed E-state index contributed by atoms with van der Waals surface area (Å²) in [4.78, 5) is 24.8. The summed E-state index contributed by atoms with van der Waals surface area (Å²) in [6.45, 7) is 3.01. The predicted molar refractivity (Wildman–Crippen MR) is 76.0 cm³/mol. The zero-order chi connectivity index (χ0) is 15.1. The van der Waals surface area contributed by atoms with Gasteiger partial charge in [0.05, 0.1) is 25.7 Å². The molecule has 0 saturated carbocycles. The number of morpholine rings is 1. The second-order valence-corrected chi connectivity index (χ2v) is 5.86. The molecular weight excluding hydrogens is 274 g/mol. The van der Waals surface area contributed by atoms with Crippen LogP contribution in [0.5, 0.6) is 0 Å². The molecule has 2 saturated heterocycles. The van der Waals surface area contributed by atoms with Gasteiger partial charge in [-0.15, -0.1) is 0 Å². The van der Waals surface area contributed by atoms with Gasteiger partial charge in [-0.25, -0.2) is 0 Å². The minimum absolute atomic E-state index is 0.0360. The van der Waals surface area contributed by atoms with E-state index in [2.05, 4.69) is 0 Å². The van der Waals surface area contributed by atoms with Gasteiger partial charge in [0.2, 0.25) is 5.91 Å². The number of hydrogen-bond acceptors (Lipinski definition) is 4. The fourth-order valence-electron chi connectivity index (χ4n) is 3.07. The van der Waals surface area contributed by atoms with Gasteiger partial charge < -0.3 is 19.5 Å². The molecule has 0 bridgehead atoms. The summed E-state index contributed by atoms with van der Waals surface area (Å²) in [6, 6.07) is -0.313. The van der Waals surface area contributed by atoms with Crippen LogP contribution in [0, 0.1) is 5.92 Å². The van der Waals surface area contributed by atoms with Gasteiger partial charge in [-0.2, -0.15) is 0 Å². The summed E-state index contributed by atoms with van der Waals surface area (Å²) in [6.07, 6.45) is 4.59. The summed E-state index contributed by atoms with van der Waals surface area (Å²) >= 11 is 0. The highest BCUT2D eigenvalue weighted by molar-refractivity contribution is 5.77. The van der Waals surface area contributed by atoms with E-state index in [0.29, 0.717) is 32.1 Å². The zero-order valence-electron chi connectivity index (χ0n) is 12.5. The van der Waals surface area contributed by atoms with Gasteiger partial charge in [0.25, 0.3) is 0 Å². The minimum atomic E-state index is -0.884. The molecule has 2 aliphatic heterocycles. The van der Waals surface area contributed by atoms with E-state index in [0.717, 1.165) is 38.9 Å². The summed E-state index contributed by atoms with van der Waals surface area (Å²) in [5.41, 5.74) is 0. The second kappa shape index (κ2) is 8.34. The topological polar surface area (TPSA) is 76.1 Å². The van der Waals surface area contributed by atoms with Crippen LogP contribution in [0.1, 0.15) is 38.5 Å². The van der Waals surface area contributed by atoms with Gasteiger partial charge in [0.1, 0.15) is 0 Å². The average molecular weight is 299 g/mol. The molecule has 1 amide bonds. The maximum absolute atomic E-state index is 12.3. The molecule has 21 heavy (non-hydrogen) atoms. The van der Waals surface area contributed by atoms with E-state index in [1.54, 1.807) is 4.90 Å². The molecule has 2 fully saturated rings. The lowest BCUT2D eigenvalue weighted by molar-refractivity contribution is -0.146. The summed E-state index contributed by atoms with van der Waals surface area (Å²) in [5, 5.41) is 8.91. The van der Waals surface area contributed by atoms with Crippen molar-refractivity contribution in [3.8, 4) is 0 Å². The summed E-state index contributed by atoms with van der Waals surface area (Å²) in [7, 11) is 0. The van der Waals surface area contributed by atoms with Gasteiger partial charge >= 0.3 is 5.97 Å². The first-order valence-electron chi connectivity index (χ1n) is 7.83. The zero-order valence-corrected chi connectivity index (χ0v) is 12.5. The van der Waals surface area contributed by atoms with Crippen molar-refractivity contribution >= 4 is 11.9 Å². The molecule has 0 aromatic carbocycles. The predicted octanol–water partition coefficient (Wildman–Crippen LogP) is 1.29. The molecule has 2 rings (SSSR count). The number of hydrogen-bond donors (Lipinski definition) is 1. The highest BCUT2D eigenvalue weighted by Gasteiger charge is 2.28. The number of nitrogens with zero attached hydrogens (tertiary/aromatic N) is 1. The Bertz CT molecular complexity index is 354. The van der Waals surface area contributed by atoms with Gasteiger partial charge in [-0.1, -0.05) is 0 Å². The Morgan fingerprint density at radius 2 is 1.90 bits per heavy atom. The standard InChI is InChI=1S/C15H25NO5/c17-14(3-1-2-12-4-7-20-8-5-12)16-6-9-21-11-13(16)10-15(18)19/h12-13H,1-11H2,(H,18,19). The average Bonchev–Trinajstić information content (AvgIpc) is 2.48. The lowest BCUT2D eigenvalue weighted by atomic mass is 9.94. The molecule has 1 N–H and O–H groups in total. The highest BCUT2D eigenvalue weighted by Crippen LogP contribution is 2.21. The third kappa shape index (κ3) is 5.28. The molecule has 120 valence electrons. The molecule has 6 heteroatoms. The molecule has 2 heterocycles. The Morgan fingerprint density at radius 3 is 2.62 bits per heavy atom. The third-order valence-electron chi connectivity index (χ3n) is 4.30. The Labute approximate surface area is 125 Å². The second-order valence-electron chi connectivity index (χ2n) is 5.86. The first-order valence-corrected chi connectivity index (χ1v) is 7.83. The molecule has 0 spiro atoms. The van der Waals surface area contributed by atoms with Crippen LogP contribution in [0.2, 0.25) is 0 Å². The van der Waals surface area contributed by atoms with Crippen molar-refractivity contribution < 1.29 is 24.2 Å². The number of ether oxygens (including phenoxy) is 2. The van der Waals surface area contributed by atoms with Crippen molar-refractivity contribution in [3.63, 3.8) is 0 Å². The van der Waals surface area contributed by atoms with Gasteiger partial charge in [0.15, 0.2) is 0 Å². The van der Waals surface area contributed by atoms with Crippen molar-refractivity contribution in [3.05, 3.63) is 0 Å². The number of carbonyl (C=O) groups is 2. The van der Waals surface area contributed by atoms with E-state index < -0.39 is 5.97 Å². The molecule has 0 aromatic heterocycles. The van der Waals surface area contributed by atoms with Gasteiger partial charge in [0, 0.05) is 26.2 Å². The van der Waals surface area contributed by atoms with E-state index in [-0.39, 0.29) is 18.4 Å². The lowest BCUT2D eigenvalue weighted by Gasteiger charge is -2.35. The van der Waals surface area contributed by atoms with Crippen LogP contribution in [0.3, 0.4) is 0 Å². The van der Waals surface area contributed by atoms with Crippen molar-refractivity contribution in [2.45, 2.75) is 44.6 Å². The normalized spacial score (nSPS) is 24.0. The Morgan fingerprint density at radius 1 is 1.14 bits per heavy atom. The SMILES string of the molecule is O=C(O)CC1COCCN1C(=O)CCCC1CCOCC1. The van der Waals surface area contributed by atoms with Crippen LogP contribution in [0.25, 0.3) is 0 Å². The number of amides is 1. The van der Waals surface area contributed by atoms with E-state index in [9.17, 15) is 9.59 Å². The van der Waals surface area contributed by atoms with Crippen LogP contribution in [0.4, 0.5) is 0 Å². The van der Waals surface area contributed by atoms with Gasteiger partial charge in [-0.3, -0.25) is 9.59 Å². The van der Waals surface area contributed by atoms with Crippen molar-refractivity contribution in [2.24, 2.45) is 5.92 Å². The summed E-state index contributed by atoms with van der Waals surface area (Å²) in [5.74, 6) is -0.145. The van der Waals surface area contributed by atoms with Crippen LogP contribution in [-0.2, 0) is 19.1 Å². The van der Waals surface area contributed by atoms with Crippen molar-refractivity contribution in [1.82, 2.24) is 4.90 Å². The molecule has 2 aliphatic rings. The third-order valence-corrected chi connectivity index (χ3v) is 4.30. The van der Waals surface area contributed by atoms with E-state index in [1.807, 2.05) is 0 Å². The molecule has 6 nitrogen and oxygen atoms in total. The fourth-order valence-corrected chi connectivity index (χ4v) is 3.07. The molecule has 0 aromatic rings. The van der Waals surface area contributed by atoms with E-state index >= 15 is 0 Å². The van der Waals surface area contributed by atoms with Crippen LogP contribution < -0.4 is 0 Å². The monoisotopic (exact) mass is 299 g/mol. The number of rotatable bonds is 6. The first-order chi connectivity index (χ1) is 10.2. The quantitative estimate of drug-likeness (QED) is 0.799. The molecule has 1 unspecified atom stereocenters. The number of carbonyl (C=O) groups excluding carboxylic acids is 1. The smallest absolute Gasteiger partial charge is 0.305 e. The van der Waals surface area contributed by atoms with Crippen LogP contribution in [-0.4, -0.2) is 60.9 Å². The molecule has 0 radical (unpaired) electrons. The van der Waals surface area contributed by atoms with Gasteiger partial charge in [-0.05, 0) is 31.6 Å². The number of aliphatic carboxylic acids is 1. The maximum Gasteiger partial charge on any atom is 0.305 e. The minimum Gasteiger partial charge on any atom is -0.481 e. The molecule has 1 atom stereocenters. The molecule has 0 aliphatic carbocycles. The summed E-state index contributed by atoms with van der Waals surface area (Å²) < 4.78 is 10.6. The molecular formula is C15H25NO5. The highest BCUT2D eigenvalue weighted by atomic mass is 16.5. The van der Waals surface area contributed by atoms with Crippen molar-refractivity contribution in [2.75, 3.05) is 33.0 Å². The van der Waals surface area contributed by atoms with E-state index in [4.69, 9.17) is 14.6 Å². The number of carboxylic acids is 1. The Kier molecular flexibility index (Phi) is 6.45. The first kappa shape index (κ1) is 16.2.